The Morgan fingerprint density at radius 2 is 0.804 bits per heavy atom. The lowest BCUT2D eigenvalue weighted by Crippen LogP contribution is -2.26. The Balaban J connectivity index is 1.12. The van der Waals surface area contributed by atoms with E-state index in [0.717, 1.165) is 12.8 Å². The minimum Gasteiger partial charge on any atom is -0.310 e. The average molecular weight is 718 g/mol. The Hall–Kier alpha value is -6.18. The van der Waals surface area contributed by atoms with Crippen LogP contribution in [0.3, 0.4) is 0 Å². The van der Waals surface area contributed by atoms with Crippen molar-refractivity contribution >= 4 is 22.6 Å². The lowest BCUT2D eigenvalue weighted by Gasteiger charge is -2.33. The molecule has 0 heterocycles. The molecule has 1 heteroatoms. The summed E-state index contributed by atoms with van der Waals surface area (Å²) in [7, 11) is 0. The summed E-state index contributed by atoms with van der Waals surface area (Å²) in [5.41, 5.74) is 25.1. The molecule has 0 aliphatic heterocycles. The number of nitrogens with zero attached hydrogens (tertiary/aromatic N) is 1. The van der Waals surface area contributed by atoms with Gasteiger partial charge in [-0.2, -0.15) is 0 Å². The summed E-state index contributed by atoms with van der Waals surface area (Å²) in [5, 5.41) is 0. The lowest BCUT2D eigenvalue weighted by molar-refractivity contribution is 0.607. The normalized spacial score (nSPS) is 17.4. The van der Waals surface area contributed by atoms with Gasteiger partial charge >= 0.3 is 0 Å². The Bertz CT molecular complexity index is 2870. The van der Waals surface area contributed by atoms with E-state index in [1.807, 2.05) is 0 Å². The van der Waals surface area contributed by atoms with Crippen molar-refractivity contribution in [1.82, 2.24) is 0 Å². The molecule has 12 rings (SSSR count). The maximum absolute atomic E-state index is 2.55. The Labute approximate surface area is 330 Å². The number of hydrogen-bond donors (Lipinski definition) is 0. The van der Waals surface area contributed by atoms with Crippen LogP contribution in [0.2, 0.25) is 0 Å². The fraction of sp³-hybridized carbons (Fsp3) is 0.164. The van der Waals surface area contributed by atoms with Crippen LogP contribution in [0.15, 0.2) is 169 Å². The molecule has 0 amide bonds. The average Bonchev–Trinajstić information content (AvgIpc) is 3.86. The summed E-state index contributed by atoms with van der Waals surface area (Å²) in [4.78, 5) is 2.55. The maximum Gasteiger partial charge on any atom is 0.0726 e. The van der Waals surface area contributed by atoms with E-state index in [1.165, 1.54) is 101 Å². The molecule has 7 aromatic carbocycles. The zero-order valence-corrected chi connectivity index (χ0v) is 32.4. The molecular weight excluding hydrogens is 675 g/mol. The molecular formula is C55H43N. The Kier molecular flexibility index (Phi) is 6.30. The zero-order valence-electron chi connectivity index (χ0n) is 32.4. The van der Waals surface area contributed by atoms with Crippen molar-refractivity contribution in [1.29, 1.82) is 0 Å². The van der Waals surface area contributed by atoms with Crippen molar-refractivity contribution in [3.05, 3.63) is 214 Å². The van der Waals surface area contributed by atoms with Crippen molar-refractivity contribution < 1.29 is 0 Å². The van der Waals surface area contributed by atoms with Crippen LogP contribution in [0.5, 0.6) is 0 Å². The fourth-order valence-electron chi connectivity index (χ4n) is 11.7. The number of rotatable bonds is 3. The molecule has 5 aliphatic rings. The highest BCUT2D eigenvalue weighted by Crippen LogP contribution is 2.63. The van der Waals surface area contributed by atoms with Gasteiger partial charge in [0.1, 0.15) is 0 Å². The van der Waals surface area contributed by atoms with Crippen LogP contribution in [0.4, 0.5) is 17.1 Å². The summed E-state index contributed by atoms with van der Waals surface area (Å²) in [6, 6.07) is 58.1. The first-order valence-electron chi connectivity index (χ1n) is 20.3. The number of hydrogen-bond acceptors (Lipinski definition) is 1. The predicted molar refractivity (Wildman–Crippen MR) is 233 cm³/mol. The molecule has 7 aromatic rings. The highest BCUT2D eigenvalue weighted by molar-refractivity contribution is 5.97. The first-order valence-corrected chi connectivity index (χ1v) is 20.3. The van der Waals surface area contributed by atoms with E-state index in [4.69, 9.17) is 0 Å². The Morgan fingerprint density at radius 3 is 1.36 bits per heavy atom. The van der Waals surface area contributed by atoms with Crippen LogP contribution in [0, 0.1) is 0 Å². The molecule has 5 aliphatic carbocycles. The summed E-state index contributed by atoms with van der Waals surface area (Å²) >= 11 is 0. The van der Waals surface area contributed by atoms with Crippen molar-refractivity contribution in [3.8, 4) is 33.4 Å². The third-order valence-electron chi connectivity index (χ3n) is 14.2. The van der Waals surface area contributed by atoms with E-state index in [2.05, 4.69) is 196 Å². The Morgan fingerprint density at radius 1 is 0.393 bits per heavy atom. The minimum atomic E-state index is -0.405. The summed E-state index contributed by atoms with van der Waals surface area (Å²) in [5.74, 6) is 0. The topological polar surface area (TPSA) is 3.24 Å². The highest BCUT2D eigenvalue weighted by atomic mass is 15.1. The molecule has 0 aromatic heterocycles. The molecule has 0 saturated heterocycles. The van der Waals surface area contributed by atoms with Gasteiger partial charge in [-0.05, 0) is 133 Å². The van der Waals surface area contributed by atoms with Gasteiger partial charge in [0.2, 0.25) is 0 Å². The van der Waals surface area contributed by atoms with Crippen LogP contribution in [-0.4, -0.2) is 0 Å². The third kappa shape index (κ3) is 3.91. The van der Waals surface area contributed by atoms with E-state index in [9.17, 15) is 0 Å². The molecule has 1 spiro atoms. The quantitative estimate of drug-likeness (QED) is 0.176. The van der Waals surface area contributed by atoms with E-state index in [1.54, 1.807) is 5.57 Å². The summed E-state index contributed by atoms with van der Waals surface area (Å²) in [6.45, 7) is 9.64. The van der Waals surface area contributed by atoms with Gasteiger partial charge < -0.3 is 4.90 Å². The van der Waals surface area contributed by atoms with Gasteiger partial charge in [0.05, 0.1) is 5.41 Å². The van der Waals surface area contributed by atoms with Crippen LogP contribution < -0.4 is 4.90 Å². The molecule has 268 valence electrons. The van der Waals surface area contributed by atoms with Gasteiger partial charge in [-0.15, -0.1) is 0 Å². The number of anilines is 3. The second kappa shape index (κ2) is 11.0. The molecule has 0 atom stereocenters. The van der Waals surface area contributed by atoms with Gasteiger partial charge in [-0.25, -0.2) is 0 Å². The molecule has 0 unspecified atom stereocenters. The van der Waals surface area contributed by atoms with Gasteiger partial charge in [-0.1, -0.05) is 161 Å². The van der Waals surface area contributed by atoms with Crippen molar-refractivity contribution in [2.75, 3.05) is 4.90 Å². The first-order chi connectivity index (χ1) is 27.3. The molecule has 0 bridgehead atoms. The number of fused-ring (bicyclic) bond motifs is 15. The monoisotopic (exact) mass is 717 g/mol. The number of allylic oxidation sites excluding steroid dienone is 4. The van der Waals surface area contributed by atoms with E-state index >= 15 is 0 Å². The van der Waals surface area contributed by atoms with Crippen LogP contribution >= 0.6 is 0 Å². The molecule has 0 N–H and O–H groups in total. The van der Waals surface area contributed by atoms with Gasteiger partial charge in [0.15, 0.2) is 0 Å². The smallest absolute Gasteiger partial charge is 0.0726 e. The van der Waals surface area contributed by atoms with E-state index in [-0.39, 0.29) is 10.8 Å². The standard InChI is InChI=1S/C55H43N/c1-53(2)45-20-10-5-15-37(45)42-28-25-34(31-50(42)53)56(35-26-29-43-38-16-6-11-21-46(38)54(3,4)51(43)32-35)36-27-30-44-41-19-9-14-24-49(41)55(52(44)33-36)47-22-12-7-17-39(47)40-18-8-13-23-48(40)55/h5-10,12-20,22-33H,11,21H2,1-4H3. The largest absolute Gasteiger partial charge is 0.310 e. The predicted octanol–water partition coefficient (Wildman–Crippen LogP) is 14.2. The molecule has 0 fully saturated rings. The number of benzene rings is 7. The molecule has 56 heavy (non-hydrogen) atoms. The highest BCUT2D eigenvalue weighted by Gasteiger charge is 2.51. The van der Waals surface area contributed by atoms with Crippen LogP contribution in [0.1, 0.15) is 85.0 Å². The lowest BCUT2D eigenvalue weighted by atomic mass is 9.70. The van der Waals surface area contributed by atoms with Gasteiger partial charge in [0.25, 0.3) is 0 Å². The summed E-state index contributed by atoms with van der Waals surface area (Å²) in [6.07, 6.45) is 6.97. The molecule has 1 nitrogen and oxygen atoms in total. The van der Waals surface area contributed by atoms with Gasteiger partial charge in [-0.3, -0.25) is 0 Å². The maximum atomic E-state index is 2.55. The minimum absolute atomic E-state index is 0.0282. The molecule has 0 radical (unpaired) electrons. The van der Waals surface area contributed by atoms with Crippen molar-refractivity contribution in [2.24, 2.45) is 0 Å². The van der Waals surface area contributed by atoms with Gasteiger partial charge in [0, 0.05) is 27.9 Å². The third-order valence-corrected chi connectivity index (χ3v) is 14.2. The second-order valence-electron chi connectivity index (χ2n) is 17.5. The summed E-state index contributed by atoms with van der Waals surface area (Å²) < 4.78 is 0. The second-order valence-corrected chi connectivity index (χ2v) is 17.5. The first kappa shape index (κ1) is 32.1. The van der Waals surface area contributed by atoms with Crippen molar-refractivity contribution in [2.45, 2.75) is 56.8 Å². The SMILES string of the molecule is CC1(C)C2=C(C=CCC2)c2ccc(N(c3ccc4c(c3)C(C)(C)c3ccccc3-4)c3ccc4c(c3)C3(c5ccccc5-c5ccccc53)c3ccccc3-4)cc21. The van der Waals surface area contributed by atoms with Crippen LogP contribution in [0.25, 0.3) is 39.0 Å². The van der Waals surface area contributed by atoms with E-state index < -0.39 is 5.41 Å². The van der Waals surface area contributed by atoms with Crippen LogP contribution in [-0.2, 0) is 16.2 Å². The zero-order chi connectivity index (χ0) is 37.6. The fourth-order valence-corrected chi connectivity index (χ4v) is 11.7. The molecule has 0 saturated carbocycles. The van der Waals surface area contributed by atoms with E-state index in [0.29, 0.717) is 0 Å². The van der Waals surface area contributed by atoms with Crippen molar-refractivity contribution in [3.63, 3.8) is 0 Å².